The predicted octanol–water partition coefficient (Wildman–Crippen LogP) is 6.61. The first kappa shape index (κ1) is 17.8. The molecule has 0 heterocycles. The van der Waals surface area contributed by atoms with Crippen LogP contribution in [-0.4, -0.2) is 19.6 Å². The maximum Gasteiger partial charge on any atom is 0.119 e. The zero-order chi connectivity index (χ0) is 17.6. The number of anilines is 3. The summed E-state index contributed by atoms with van der Waals surface area (Å²) in [7, 11) is 1.69. The van der Waals surface area contributed by atoms with Gasteiger partial charge in [-0.25, -0.2) is 0 Å². The lowest BCUT2D eigenvalue weighted by Gasteiger charge is -2.26. The monoisotopic (exact) mass is 367 g/mol. The summed E-state index contributed by atoms with van der Waals surface area (Å²) in [5.74, 6) is 0.860. The molecule has 2 nitrogen and oxygen atoms in total. The first-order valence-electron chi connectivity index (χ1n) is 7.97. The number of ether oxygens (including phenoxy) is 1. The lowest BCUT2D eigenvalue weighted by molar-refractivity contribution is 0.415. The molecule has 0 aliphatic carbocycles. The molecule has 0 fully saturated rings. The molecule has 128 valence electrons. The van der Waals surface area contributed by atoms with Gasteiger partial charge in [-0.3, -0.25) is 0 Å². The number of thioether (sulfide) groups is 2. The van der Waals surface area contributed by atoms with Crippen molar-refractivity contribution >= 4 is 40.6 Å². The van der Waals surface area contributed by atoms with E-state index in [0.717, 1.165) is 22.8 Å². The van der Waals surface area contributed by atoms with Gasteiger partial charge in [-0.1, -0.05) is 0 Å². The second kappa shape index (κ2) is 8.37. The molecule has 0 aliphatic heterocycles. The highest BCUT2D eigenvalue weighted by Crippen LogP contribution is 2.36. The van der Waals surface area contributed by atoms with E-state index < -0.39 is 0 Å². The molecule has 0 bridgehead atoms. The van der Waals surface area contributed by atoms with E-state index in [1.165, 1.54) is 9.79 Å². The highest BCUT2D eigenvalue weighted by atomic mass is 32.2. The fourth-order valence-corrected chi connectivity index (χ4v) is 3.46. The van der Waals surface area contributed by atoms with E-state index in [0.29, 0.717) is 0 Å². The minimum Gasteiger partial charge on any atom is -0.497 e. The topological polar surface area (TPSA) is 12.5 Å². The second-order valence-electron chi connectivity index (χ2n) is 5.43. The molecular weight excluding hydrogens is 346 g/mol. The first-order chi connectivity index (χ1) is 12.2. The van der Waals surface area contributed by atoms with Gasteiger partial charge in [-0.05, 0) is 85.3 Å². The Bertz CT molecular complexity index is 686. The smallest absolute Gasteiger partial charge is 0.119 e. The van der Waals surface area contributed by atoms with Crippen LogP contribution in [0.1, 0.15) is 0 Å². The standard InChI is InChI=1S/C21H21NOS2/c1-23-19-10-4-16(5-11-19)22(17-6-12-20(24-2)13-7-17)18-8-14-21(25-3)15-9-18/h4-15H,1-3H3. The van der Waals surface area contributed by atoms with Crippen LogP contribution in [0.2, 0.25) is 0 Å². The Morgan fingerprint density at radius 2 is 0.960 bits per heavy atom. The molecule has 0 unspecified atom stereocenters. The number of hydrogen-bond donors (Lipinski definition) is 0. The van der Waals surface area contributed by atoms with Crippen molar-refractivity contribution in [1.82, 2.24) is 0 Å². The Morgan fingerprint density at radius 3 is 1.28 bits per heavy atom. The van der Waals surface area contributed by atoms with Crippen LogP contribution in [0.25, 0.3) is 0 Å². The van der Waals surface area contributed by atoms with Gasteiger partial charge in [-0.15, -0.1) is 23.5 Å². The Labute approximate surface area is 158 Å². The third kappa shape index (κ3) is 4.14. The van der Waals surface area contributed by atoms with Gasteiger partial charge >= 0.3 is 0 Å². The van der Waals surface area contributed by atoms with Crippen molar-refractivity contribution in [2.75, 3.05) is 24.5 Å². The zero-order valence-corrected chi connectivity index (χ0v) is 16.2. The van der Waals surface area contributed by atoms with Crippen LogP contribution in [0.4, 0.5) is 17.1 Å². The lowest BCUT2D eigenvalue weighted by atomic mass is 10.2. The third-order valence-electron chi connectivity index (χ3n) is 3.99. The Balaban J connectivity index is 2.04. The molecule has 0 amide bonds. The van der Waals surface area contributed by atoms with Crippen LogP contribution in [0.5, 0.6) is 5.75 Å². The van der Waals surface area contributed by atoms with Crippen LogP contribution in [0, 0.1) is 0 Å². The number of hydrogen-bond acceptors (Lipinski definition) is 4. The second-order valence-corrected chi connectivity index (χ2v) is 7.19. The van der Waals surface area contributed by atoms with Gasteiger partial charge in [-0.2, -0.15) is 0 Å². The first-order valence-corrected chi connectivity index (χ1v) is 10.4. The summed E-state index contributed by atoms with van der Waals surface area (Å²) in [4.78, 5) is 4.78. The SMILES string of the molecule is COc1ccc(N(c2ccc(SC)cc2)c2ccc(SC)cc2)cc1. The van der Waals surface area contributed by atoms with Gasteiger partial charge in [0.2, 0.25) is 0 Å². The number of benzene rings is 3. The lowest BCUT2D eigenvalue weighted by Crippen LogP contribution is -2.09. The van der Waals surface area contributed by atoms with E-state index in [1.54, 1.807) is 30.6 Å². The van der Waals surface area contributed by atoms with E-state index in [9.17, 15) is 0 Å². The molecule has 0 radical (unpaired) electrons. The molecule has 0 spiro atoms. The van der Waals surface area contributed by atoms with Crippen LogP contribution in [-0.2, 0) is 0 Å². The summed E-state index contributed by atoms with van der Waals surface area (Å²) in [5, 5.41) is 0. The minimum atomic E-state index is 0.860. The van der Waals surface area contributed by atoms with Crippen molar-refractivity contribution in [3.63, 3.8) is 0 Å². The van der Waals surface area contributed by atoms with Crippen molar-refractivity contribution in [3.8, 4) is 5.75 Å². The fraction of sp³-hybridized carbons (Fsp3) is 0.143. The number of rotatable bonds is 6. The van der Waals surface area contributed by atoms with Crippen LogP contribution >= 0.6 is 23.5 Å². The van der Waals surface area contributed by atoms with Crippen molar-refractivity contribution in [2.24, 2.45) is 0 Å². The number of methoxy groups -OCH3 is 1. The molecule has 25 heavy (non-hydrogen) atoms. The fourth-order valence-electron chi connectivity index (χ4n) is 2.64. The van der Waals surface area contributed by atoms with E-state index in [4.69, 9.17) is 4.74 Å². The Morgan fingerprint density at radius 1 is 0.600 bits per heavy atom. The van der Waals surface area contributed by atoms with Gasteiger partial charge in [0.25, 0.3) is 0 Å². The summed E-state index contributed by atoms with van der Waals surface area (Å²) in [5.41, 5.74) is 3.38. The van der Waals surface area contributed by atoms with E-state index in [2.05, 4.69) is 78.1 Å². The van der Waals surface area contributed by atoms with Crippen LogP contribution in [0.15, 0.2) is 82.6 Å². The molecule has 4 heteroatoms. The molecule has 3 aromatic carbocycles. The summed E-state index contributed by atoms with van der Waals surface area (Å²) in [6, 6.07) is 25.5. The van der Waals surface area contributed by atoms with Gasteiger partial charge in [0.05, 0.1) is 7.11 Å². The molecule has 3 rings (SSSR count). The number of nitrogens with zero attached hydrogens (tertiary/aromatic N) is 1. The summed E-state index contributed by atoms with van der Waals surface area (Å²) >= 11 is 3.51. The van der Waals surface area contributed by atoms with Gasteiger partial charge < -0.3 is 9.64 Å². The predicted molar refractivity (Wildman–Crippen MR) is 111 cm³/mol. The summed E-state index contributed by atoms with van der Waals surface area (Å²) in [6.07, 6.45) is 4.19. The highest BCUT2D eigenvalue weighted by molar-refractivity contribution is 7.98. The molecule has 0 aliphatic rings. The van der Waals surface area contributed by atoms with Crippen molar-refractivity contribution in [2.45, 2.75) is 9.79 Å². The molecule has 0 N–H and O–H groups in total. The van der Waals surface area contributed by atoms with Gasteiger partial charge in [0.1, 0.15) is 5.75 Å². The van der Waals surface area contributed by atoms with Crippen LogP contribution < -0.4 is 9.64 Å². The highest BCUT2D eigenvalue weighted by Gasteiger charge is 2.12. The van der Waals surface area contributed by atoms with E-state index in [-0.39, 0.29) is 0 Å². The molecule has 0 atom stereocenters. The van der Waals surface area contributed by atoms with Crippen LogP contribution in [0.3, 0.4) is 0 Å². The minimum absolute atomic E-state index is 0.860. The Hall–Kier alpha value is -2.04. The normalized spacial score (nSPS) is 10.5. The average molecular weight is 368 g/mol. The maximum absolute atomic E-state index is 5.30. The largest absolute Gasteiger partial charge is 0.497 e. The summed E-state index contributed by atoms with van der Waals surface area (Å²) < 4.78 is 5.30. The molecule has 3 aromatic rings. The van der Waals surface area contributed by atoms with Crippen molar-refractivity contribution in [3.05, 3.63) is 72.8 Å². The van der Waals surface area contributed by atoms with Crippen molar-refractivity contribution < 1.29 is 4.74 Å². The Kier molecular flexibility index (Phi) is 5.95. The molecular formula is C21H21NOS2. The summed E-state index contributed by atoms with van der Waals surface area (Å²) in [6.45, 7) is 0. The van der Waals surface area contributed by atoms with E-state index in [1.807, 2.05) is 12.1 Å². The average Bonchev–Trinajstić information content (AvgIpc) is 2.70. The van der Waals surface area contributed by atoms with Gasteiger partial charge in [0, 0.05) is 26.9 Å². The molecule has 0 aromatic heterocycles. The molecule has 0 saturated heterocycles. The van der Waals surface area contributed by atoms with Gasteiger partial charge in [0.15, 0.2) is 0 Å². The molecule has 0 saturated carbocycles. The maximum atomic E-state index is 5.30. The third-order valence-corrected chi connectivity index (χ3v) is 5.48. The van der Waals surface area contributed by atoms with Crippen molar-refractivity contribution in [1.29, 1.82) is 0 Å². The zero-order valence-electron chi connectivity index (χ0n) is 14.6. The van der Waals surface area contributed by atoms with E-state index >= 15 is 0 Å². The quantitative estimate of drug-likeness (QED) is 0.454.